The zero-order chi connectivity index (χ0) is 13.1. The highest BCUT2D eigenvalue weighted by Gasteiger charge is 2.24. The van der Waals surface area contributed by atoms with E-state index >= 15 is 0 Å². The summed E-state index contributed by atoms with van der Waals surface area (Å²) < 4.78 is 0. The maximum absolute atomic E-state index is 12.5. The van der Waals surface area contributed by atoms with Crippen molar-refractivity contribution in [3.8, 4) is 0 Å². The normalized spacial score (nSPS) is 16.6. The summed E-state index contributed by atoms with van der Waals surface area (Å²) in [6, 6.07) is 2.15. The first-order valence-corrected chi connectivity index (χ1v) is 6.38. The van der Waals surface area contributed by atoms with Crippen molar-refractivity contribution in [3.63, 3.8) is 0 Å². The zero-order valence-corrected chi connectivity index (χ0v) is 11.2. The van der Waals surface area contributed by atoms with Gasteiger partial charge in [0.15, 0.2) is 0 Å². The number of carbonyl (C=O) groups is 1. The van der Waals surface area contributed by atoms with E-state index in [0.29, 0.717) is 17.3 Å². The number of piperidine rings is 1. The van der Waals surface area contributed by atoms with Gasteiger partial charge in [-0.15, -0.1) is 0 Å². The number of rotatable bonds is 2. The van der Waals surface area contributed by atoms with Crippen molar-refractivity contribution in [2.75, 3.05) is 20.1 Å². The average molecular weight is 248 g/mol. The fraction of sp³-hybridized carbons (Fsp3) is 0.615. The number of hydrogen-bond donors (Lipinski definition) is 1. The van der Waals surface area contributed by atoms with Gasteiger partial charge in [-0.25, -0.2) is 0 Å². The number of nitrogens with one attached hydrogen (secondary N) is 1. The van der Waals surface area contributed by atoms with E-state index in [4.69, 9.17) is 0 Å². The minimum Gasteiger partial charge on any atom is -0.339 e. The molecule has 98 valence electrons. The second-order valence-corrected chi connectivity index (χ2v) is 4.88. The Labute approximate surface area is 108 Å². The highest BCUT2D eigenvalue weighted by atomic mass is 16.2. The number of aromatic nitrogens is 2. The van der Waals surface area contributed by atoms with Crippen LogP contribution in [0.1, 0.15) is 34.6 Å². The standard InChI is InChI=1S/C13H20N4O/c1-9-8-12(10(2)16-15-9)13(18)17(3)11-4-6-14-7-5-11/h8,11,14H,4-7H2,1-3H3. The first kappa shape index (κ1) is 13.0. The Morgan fingerprint density at radius 2 is 2.00 bits per heavy atom. The van der Waals surface area contributed by atoms with Crippen LogP contribution >= 0.6 is 0 Å². The molecule has 1 aliphatic heterocycles. The summed E-state index contributed by atoms with van der Waals surface area (Å²) in [5.74, 6) is 0.0531. The molecule has 0 spiro atoms. The van der Waals surface area contributed by atoms with E-state index in [1.807, 2.05) is 31.9 Å². The molecule has 0 aliphatic carbocycles. The molecule has 5 nitrogen and oxygen atoms in total. The van der Waals surface area contributed by atoms with Gasteiger partial charge in [0, 0.05) is 13.1 Å². The van der Waals surface area contributed by atoms with Crippen LogP contribution in [0, 0.1) is 13.8 Å². The van der Waals surface area contributed by atoms with Gasteiger partial charge < -0.3 is 10.2 Å². The molecule has 18 heavy (non-hydrogen) atoms. The maximum atomic E-state index is 12.5. The van der Waals surface area contributed by atoms with E-state index < -0.39 is 0 Å². The fourth-order valence-electron chi connectivity index (χ4n) is 2.32. The van der Waals surface area contributed by atoms with E-state index in [1.165, 1.54) is 0 Å². The van der Waals surface area contributed by atoms with Crippen LogP contribution in [0.5, 0.6) is 0 Å². The van der Waals surface area contributed by atoms with Crippen molar-refractivity contribution in [3.05, 3.63) is 23.0 Å². The molecule has 0 saturated carbocycles. The van der Waals surface area contributed by atoms with Crippen molar-refractivity contribution in [2.45, 2.75) is 32.7 Å². The summed E-state index contributed by atoms with van der Waals surface area (Å²) in [4.78, 5) is 14.3. The Kier molecular flexibility index (Phi) is 3.91. The van der Waals surface area contributed by atoms with E-state index in [2.05, 4.69) is 15.5 Å². The number of aryl methyl sites for hydroxylation is 2. The summed E-state index contributed by atoms with van der Waals surface area (Å²) in [5.41, 5.74) is 2.15. The van der Waals surface area contributed by atoms with E-state index in [9.17, 15) is 4.79 Å². The number of amides is 1. The largest absolute Gasteiger partial charge is 0.339 e. The lowest BCUT2D eigenvalue weighted by Crippen LogP contribution is -2.44. The van der Waals surface area contributed by atoms with Crippen molar-refractivity contribution in [1.29, 1.82) is 0 Å². The quantitative estimate of drug-likeness (QED) is 0.845. The van der Waals surface area contributed by atoms with Crippen molar-refractivity contribution < 1.29 is 4.79 Å². The summed E-state index contributed by atoms with van der Waals surface area (Å²) in [6.45, 7) is 5.65. The first-order valence-electron chi connectivity index (χ1n) is 6.38. The lowest BCUT2D eigenvalue weighted by atomic mass is 10.0. The smallest absolute Gasteiger partial charge is 0.255 e. The molecule has 2 heterocycles. The van der Waals surface area contributed by atoms with Crippen LogP contribution in [0.2, 0.25) is 0 Å². The number of hydrogen-bond acceptors (Lipinski definition) is 4. The van der Waals surface area contributed by atoms with Crippen LogP contribution in [0.4, 0.5) is 0 Å². The van der Waals surface area contributed by atoms with Gasteiger partial charge in [0.2, 0.25) is 0 Å². The van der Waals surface area contributed by atoms with Gasteiger partial charge in [-0.1, -0.05) is 0 Å². The summed E-state index contributed by atoms with van der Waals surface area (Å²) in [7, 11) is 1.88. The highest BCUT2D eigenvalue weighted by molar-refractivity contribution is 5.95. The highest BCUT2D eigenvalue weighted by Crippen LogP contribution is 2.15. The maximum Gasteiger partial charge on any atom is 0.255 e. The van der Waals surface area contributed by atoms with Crippen LogP contribution < -0.4 is 5.32 Å². The molecular formula is C13H20N4O. The van der Waals surface area contributed by atoms with E-state index in [0.717, 1.165) is 31.6 Å². The Hall–Kier alpha value is -1.49. The molecule has 1 N–H and O–H groups in total. The molecule has 5 heteroatoms. The predicted molar refractivity (Wildman–Crippen MR) is 69.5 cm³/mol. The van der Waals surface area contributed by atoms with Gasteiger partial charge in [0.25, 0.3) is 5.91 Å². The summed E-state index contributed by atoms with van der Waals surface area (Å²) in [6.07, 6.45) is 2.03. The molecule has 0 radical (unpaired) electrons. The molecule has 0 atom stereocenters. The minimum atomic E-state index is 0.0531. The average Bonchev–Trinajstić information content (AvgIpc) is 2.41. The Bertz CT molecular complexity index is 441. The molecule has 0 unspecified atom stereocenters. The first-order chi connectivity index (χ1) is 8.59. The summed E-state index contributed by atoms with van der Waals surface area (Å²) in [5, 5.41) is 11.3. The Balaban J connectivity index is 2.16. The van der Waals surface area contributed by atoms with Gasteiger partial charge in [-0.3, -0.25) is 4.79 Å². The Morgan fingerprint density at radius 1 is 1.33 bits per heavy atom. The van der Waals surface area contributed by atoms with Gasteiger partial charge in [0.05, 0.1) is 17.0 Å². The molecule has 1 aromatic rings. The number of carbonyl (C=O) groups excluding carboxylic acids is 1. The minimum absolute atomic E-state index is 0.0531. The second kappa shape index (κ2) is 5.44. The second-order valence-electron chi connectivity index (χ2n) is 4.88. The van der Waals surface area contributed by atoms with Crippen molar-refractivity contribution in [1.82, 2.24) is 20.4 Å². The molecule has 1 saturated heterocycles. The SMILES string of the molecule is Cc1cc(C(=O)N(C)C2CCNCC2)c(C)nn1. The molecule has 1 aliphatic rings. The van der Waals surface area contributed by atoms with Crippen LogP contribution in [0.15, 0.2) is 6.07 Å². The molecule has 2 rings (SSSR count). The van der Waals surface area contributed by atoms with Crippen LogP contribution in [0.3, 0.4) is 0 Å². The van der Waals surface area contributed by atoms with Crippen molar-refractivity contribution in [2.24, 2.45) is 0 Å². The van der Waals surface area contributed by atoms with Gasteiger partial charge in [0.1, 0.15) is 0 Å². The molecule has 1 aromatic heterocycles. The fourth-order valence-corrected chi connectivity index (χ4v) is 2.32. The topological polar surface area (TPSA) is 58.1 Å². The van der Waals surface area contributed by atoms with Crippen LogP contribution in [-0.4, -0.2) is 47.2 Å². The zero-order valence-electron chi connectivity index (χ0n) is 11.2. The molecular weight excluding hydrogens is 228 g/mol. The van der Waals surface area contributed by atoms with E-state index in [-0.39, 0.29) is 5.91 Å². The third kappa shape index (κ3) is 2.67. The predicted octanol–water partition coefficient (Wildman–Crippen LogP) is 0.917. The molecule has 1 fully saturated rings. The van der Waals surface area contributed by atoms with Crippen LogP contribution in [0.25, 0.3) is 0 Å². The molecule has 0 bridgehead atoms. The Morgan fingerprint density at radius 3 is 2.67 bits per heavy atom. The van der Waals surface area contributed by atoms with Crippen LogP contribution in [-0.2, 0) is 0 Å². The van der Waals surface area contributed by atoms with Gasteiger partial charge >= 0.3 is 0 Å². The third-order valence-electron chi connectivity index (χ3n) is 3.51. The van der Waals surface area contributed by atoms with E-state index in [1.54, 1.807) is 0 Å². The summed E-state index contributed by atoms with van der Waals surface area (Å²) >= 11 is 0. The number of nitrogens with zero attached hydrogens (tertiary/aromatic N) is 3. The van der Waals surface area contributed by atoms with Gasteiger partial charge in [-0.2, -0.15) is 10.2 Å². The molecule has 0 aromatic carbocycles. The lowest BCUT2D eigenvalue weighted by Gasteiger charge is -2.31. The van der Waals surface area contributed by atoms with Gasteiger partial charge in [-0.05, 0) is 45.8 Å². The molecule has 1 amide bonds. The third-order valence-corrected chi connectivity index (χ3v) is 3.51. The monoisotopic (exact) mass is 248 g/mol. The van der Waals surface area contributed by atoms with Crippen molar-refractivity contribution >= 4 is 5.91 Å². The lowest BCUT2D eigenvalue weighted by molar-refractivity contribution is 0.0701.